The highest BCUT2D eigenvalue weighted by Gasteiger charge is 2.42. The summed E-state index contributed by atoms with van der Waals surface area (Å²) in [4.78, 5) is 2.33. The van der Waals surface area contributed by atoms with Gasteiger partial charge in [-0.05, 0) is 38.9 Å². The van der Waals surface area contributed by atoms with E-state index in [0.717, 1.165) is 43.7 Å². The lowest BCUT2D eigenvalue weighted by Crippen LogP contribution is -2.49. The summed E-state index contributed by atoms with van der Waals surface area (Å²) in [6, 6.07) is 6.11. The van der Waals surface area contributed by atoms with E-state index in [1.165, 1.54) is 5.56 Å². The molecule has 0 aromatic heterocycles. The zero-order valence-electron chi connectivity index (χ0n) is 11.1. The van der Waals surface area contributed by atoms with Crippen molar-refractivity contribution in [1.29, 1.82) is 0 Å². The highest BCUT2D eigenvalue weighted by molar-refractivity contribution is 5.41. The fourth-order valence-corrected chi connectivity index (χ4v) is 3.09. The number of aryl methyl sites for hydroxylation is 1. The zero-order valence-corrected chi connectivity index (χ0v) is 11.1. The van der Waals surface area contributed by atoms with Crippen molar-refractivity contribution in [1.82, 2.24) is 4.90 Å². The number of nitrogens with zero attached hydrogens (tertiary/aromatic N) is 1. The van der Waals surface area contributed by atoms with Crippen LogP contribution in [0.2, 0.25) is 0 Å². The van der Waals surface area contributed by atoms with Gasteiger partial charge in [0.05, 0.1) is 6.10 Å². The van der Waals surface area contributed by atoms with Crippen LogP contribution in [0.1, 0.15) is 36.5 Å². The Bertz CT molecular complexity index is 450. The highest BCUT2D eigenvalue weighted by atomic mass is 16.5. The van der Waals surface area contributed by atoms with Crippen molar-refractivity contribution < 1.29 is 9.84 Å². The van der Waals surface area contributed by atoms with Gasteiger partial charge in [0.2, 0.25) is 0 Å². The predicted molar refractivity (Wildman–Crippen MR) is 70.8 cm³/mol. The molecule has 1 aromatic carbocycles. The van der Waals surface area contributed by atoms with Crippen LogP contribution in [0, 0.1) is 6.92 Å². The molecule has 1 atom stereocenters. The Kier molecular flexibility index (Phi) is 2.83. The minimum atomic E-state index is -0.378. The van der Waals surface area contributed by atoms with Crippen LogP contribution in [-0.2, 0) is 0 Å². The number of ether oxygens (including phenoxy) is 1. The van der Waals surface area contributed by atoms with Gasteiger partial charge >= 0.3 is 0 Å². The van der Waals surface area contributed by atoms with Crippen molar-refractivity contribution in [2.45, 2.75) is 37.9 Å². The van der Waals surface area contributed by atoms with E-state index in [4.69, 9.17) is 4.74 Å². The van der Waals surface area contributed by atoms with Crippen molar-refractivity contribution in [3.63, 3.8) is 0 Å². The van der Waals surface area contributed by atoms with Gasteiger partial charge in [0, 0.05) is 25.1 Å². The molecular formula is C15H21NO2. The smallest absolute Gasteiger partial charge is 0.125 e. The Balaban J connectivity index is 1.89. The quantitative estimate of drug-likeness (QED) is 0.763. The molecule has 3 heteroatoms. The SMILES string of the molecule is Cc1ccc2c(c1)[C@H](O)CC1(CCN(C)CC1)O2. The molecule has 0 unspecified atom stereocenters. The third kappa shape index (κ3) is 2.02. The molecule has 1 aromatic rings. The van der Waals surface area contributed by atoms with Gasteiger partial charge in [-0.2, -0.15) is 0 Å². The number of fused-ring (bicyclic) bond motifs is 1. The van der Waals surface area contributed by atoms with Crippen LogP contribution in [-0.4, -0.2) is 35.7 Å². The lowest BCUT2D eigenvalue weighted by molar-refractivity contribution is -0.0503. The van der Waals surface area contributed by atoms with E-state index in [1.54, 1.807) is 0 Å². The summed E-state index contributed by atoms with van der Waals surface area (Å²) in [5, 5.41) is 10.4. The molecular weight excluding hydrogens is 226 g/mol. The Morgan fingerprint density at radius 2 is 2.06 bits per heavy atom. The van der Waals surface area contributed by atoms with Gasteiger partial charge in [0.25, 0.3) is 0 Å². The maximum absolute atomic E-state index is 10.4. The van der Waals surface area contributed by atoms with E-state index in [-0.39, 0.29) is 11.7 Å². The standard InChI is InChI=1S/C15H21NO2/c1-11-3-4-14-12(9-11)13(17)10-15(18-14)5-7-16(2)8-6-15/h3-4,9,13,17H,5-8,10H2,1-2H3/t13-/m1/s1. The number of rotatable bonds is 0. The number of hydrogen-bond donors (Lipinski definition) is 1. The molecule has 0 radical (unpaired) electrons. The van der Waals surface area contributed by atoms with E-state index >= 15 is 0 Å². The number of hydrogen-bond acceptors (Lipinski definition) is 3. The zero-order chi connectivity index (χ0) is 12.8. The maximum Gasteiger partial charge on any atom is 0.125 e. The second-order valence-electron chi connectivity index (χ2n) is 5.85. The predicted octanol–water partition coefficient (Wildman–Crippen LogP) is 2.28. The summed E-state index contributed by atoms with van der Waals surface area (Å²) < 4.78 is 6.25. The minimum Gasteiger partial charge on any atom is -0.487 e. The summed E-state index contributed by atoms with van der Waals surface area (Å²) in [6.07, 6.45) is 2.37. The molecule has 2 aliphatic heterocycles. The topological polar surface area (TPSA) is 32.7 Å². The summed E-state index contributed by atoms with van der Waals surface area (Å²) >= 11 is 0. The van der Waals surface area contributed by atoms with E-state index in [9.17, 15) is 5.11 Å². The van der Waals surface area contributed by atoms with Gasteiger partial charge in [-0.15, -0.1) is 0 Å². The molecule has 2 aliphatic rings. The van der Waals surface area contributed by atoms with E-state index in [1.807, 2.05) is 19.1 Å². The fourth-order valence-electron chi connectivity index (χ4n) is 3.09. The van der Waals surface area contributed by atoms with Gasteiger partial charge in [-0.1, -0.05) is 11.6 Å². The molecule has 1 N–H and O–H groups in total. The van der Waals surface area contributed by atoms with Gasteiger partial charge in [0.1, 0.15) is 11.4 Å². The molecule has 18 heavy (non-hydrogen) atoms. The number of aliphatic hydroxyl groups is 1. The maximum atomic E-state index is 10.4. The first kappa shape index (κ1) is 12.0. The van der Waals surface area contributed by atoms with E-state index in [2.05, 4.69) is 18.0 Å². The lowest BCUT2D eigenvalue weighted by Gasteiger charge is -2.45. The number of piperidine rings is 1. The molecule has 0 saturated carbocycles. The first-order valence-electron chi connectivity index (χ1n) is 6.74. The van der Waals surface area contributed by atoms with Crippen molar-refractivity contribution in [3.05, 3.63) is 29.3 Å². The van der Waals surface area contributed by atoms with Crippen LogP contribution in [0.5, 0.6) is 5.75 Å². The highest BCUT2D eigenvalue weighted by Crippen LogP contribution is 2.44. The van der Waals surface area contributed by atoms with Crippen molar-refractivity contribution in [2.75, 3.05) is 20.1 Å². The van der Waals surface area contributed by atoms with Crippen molar-refractivity contribution in [3.8, 4) is 5.75 Å². The minimum absolute atomic E-state index is 0.145. The average molecular weight is 247 g/mol. The van der Waals surface area contributed by atoms with Crippen LogP contribution in [0.25, 0.3) is 0 Å². The monoisotopic (exact) mass is 247 g/mol. The van der Waals surface area contributed by atoms with Gasteiger partial charge in [-0.25, -0.2) is 0 Å². The third-order valence-corrected chi connectivity index (χ3v) is 4.31. The van der Waals surface area contributed by atoms with Gasteiger partial charge in [-0.3, -0.25) is 0 Å². The molecule has 0 amide bonds. The lowest BCUT2D eigenvalue weighted by atomic mass is 9.81. The Labute approximate surface area is 108 Å². The first-order chi connectivity index (χ1) is 8.58. The van der Waals surface area contributed by atoms with Crippen LogP contribution in [0.15, 0.2) is 18.2 Å². The van der Waals surface area contributed by atoms with E-state index in [0.29, 0.717) is 0 Å². The first-order valence-corrected chi connectivity index (χ1v) is 6.74. The summed E-state index contributed by atoms with van der Waals surface area (Å²) in [5.74, 6) is 0.879. The Hall–Kier alpha value is -1.06. The summed E-state index contributed by atoms with van der Waals surface area (Å²) in [6.45, 7) is 4.15. The van der Waals surface area contributed by atoms with Gasteiger partial charge < -0.3 is 14.7 Å². The molecule has 1 spiro atoms. The fraction of sp³-hybridized carbons (Fsp3) is 0.600. The van der Waals surface area contributed by atoms with Gasteiger partial charge in [0.15, 0.2) is 0 Å². The van der Waals surface area contributed by atoms with E-state index < -0.39 is 0 Å². The van der Waals surface area contributed by atoms with Crippen LogP contribution < -0.4 is 4.74 Å². The average Bonchev–Trinajstić information content (AvgIpc) is 2.35. The third-order valence-electron chi connectivity index (χ3n) is 4.31. The molecule has 1 saturated heterocycles. The molecule has 98 valence electrons. The Morgan fingerprint density at radius 1 is 1.33 bits per heavy atom. The largest absolute Gasteiger partial charge is 0.487 e. The molecule has 3 nitrogen and oxygen atoms in total. The second-order valence-corrected chi connectivity index (χ2v) is 5.85. The number of likely N-dealkylation sites (tertiary alicyclic amines) is 1. The number of aliphatic hydroxyl groups excluding tert-OH is 1. The summed E-state index contributed by atoms with van der Waals surface area (Å²) in [5.41, 5.74) is 1.99. The molecule has 2 heterocycles. The van der Waals surface area contributed by atoms with Crippen molar-refractivity contribution >= 4 is 0 Å². The molecule has 1 fully saturated rings. The second kappa shape index (κ2) is 4.25. The Morgan fingerprint density at radius 3 is 2.78 bits per heavy atom. The molecule has 0 aliphatic carbocycles. The molecule has 3 rings (SSSR count). The number of benzene rings is 1. The van der Waals surface area contributed by atoms with Crippen LogP contribution in [0.4, 0.5) is 0 Å². The van der Waals surface area contributed by atoms with Crippen molar-refractivity contribution in [2.24, 2.45) is 0 Å². The summed E-state index contributed by atoms with van der Waals surface area (Å²) in [7, 11) is 2.14. The van der Waals surface area contributed by atoms with Crippen LogP contribution >= 0.6 is 0 Å². The molecule has 0 bridgehead atoms. The van der Waals surface area contributed by atoms with Crippen LogP contribution in [0.3, 0.4) is 0 Å². The normalized spacial score (nSPS) is 26.7.